The summed E-state index contributed by atoms with van der Waals surface area (Å²) in [7, 11) is 1.57. The second-order valence-corrected chi connectivity index (χ2v) is 2.91. The fraction of sp³-hybridized carbons (Fsp3) is 0.167. The minimum Gasteiger partial charge on any atom is -0.508 e. The van der Waals surface area contributed by atoms with Crippen molar-refractivity contribution in [3.63, 3.8) is 0 Å². The van der Waals surface area contributed by atoms with Gasteiger partial charge in [-0.2, -0.15) is 0 Å². The van der Waals surface area contributed by atoms with Crippen LogP contribution in [0.1, 0.15) is 12.5 Å². The summed E-state index contributed by atoms with van der Waals surface area (Å²) < 4.78 is 5.09. The summed E-state index contributed by atoms with van der Waals surface area (Å²) in [6.45, 7) is 5.49. The molecule has 0 aromatic heterocycles. The molecule has 0 bridgehead atoms. The highest BCUT2D eigenvalue weighted by atomic mass is 16.5. The normalized spacial score (nSPS) is 8.71. The third-order valence-corrected chi connectivity index (χ3v) is 1.59. The van der Waals surface area contributed by atoms with Crippen LogP contribution >= 0.6 is 0 Å². The Bertz CT molecular complexity index is 408. The first-order valence-corrected chi connectivity index (χ1v) is 4.18. The molecule has 0 fully saturated rings. The van der Waals surface area contributed by atoms with E-state index in [1.807, 2.05) is 6.92 Å². The number of aromatic hydroxyl groups is 1. The van der Waals surface area contributed by atoms with E-state index in [1.54, 1.807) is 25.3 Å². The molecule has 0 radical (unpaired) electrons. The molecule has 0 aliphatic rings. The van der Waals surface area contributed by atoms with Gasteiger partial charge in [-0.25, -0.2) is 0 Å². The second kappa shape index (κ2) is 4.38. The van der Waals surface area contributed by atoms with Crippen molar-refractivity contribution in [3.05, 3.63) is 35.9 Å². The van der Waals surface area contributed by atoms with Crippen molar-refractivity contribution in [2.24, 2.45) is 0 Å². The van der Waals surface area contributed by atoms with Crippen molar-refractivity contribution < 1.29 is 9.84 Å². The van der Waals surface area contributed by atoms with E-state index >= 15 is 0 Å². The lowest BCUT2D eigenvalue weighted by Gasteiger charge is -2.02. The van der Waals surface area contributed by atoms with Gasteiger partial charge in [-0.15, -0.1) is 0 Å². The highest BCUT2D eigenvalue weighted by Gasteiger charge is 2.00. The minimum absolute atomic E-state index is 0.178. The van der Waals surface area contributed by atoms with Gasteiger partial charge in [0.15, 0.2) is 0 Å². The largest absolute Gasteiger partial charge is 0.508 e. The van der Waals surface area contributed by atoms with Gasteiger partial charge in [-0.3, -0.25) is 0 Å². The summed E-state index contributed by atoms with van der Waals surface area (Å²) in [4.78, 5) is 0. The number of rotatable bonds is 1. The van der Waals surface area contributed by atoms with Crippen molar-refractivity contribution in [1.82, 2.24) is 0 Å². The number of methoxy groups -OCH3 is 1. The quantitative estimate of drug-likeness (QED) is 0.685. The van der Waals surface area contributed by atoms with E-state index in [0.717, 1.165) is 5.57 Å². The van der Waals surface area contributed by atoms with E-state index in [-0.39, 0.29) is 5.75 Å². The van der Waals surface area contributed by atoms with E-state index in [9.17, 15) is 5.11 Å². The lowest BCUT2D eigenvalue weighted by molar-refractivity contribution is 0.411. The average molecular weight is 188 g/mol. The molecule has 0 heterocycles. The molecule has 0 saturated carbocycles. The molecule has 2 heteroatoms. The van der Waals surface area contributed by atoms with Gasteiger partial charge in [-0.1, -0.05) is 18.4 Å². The van der Waals surface area contributed by atoms with Crippen LogP contribution in [0.5, 0.6) is 11.5 Å². The predicted molar refractivity (Wildman–Crippen MR) is 56.4 cm³/mol. The fourth-order valence-electron chi connectivity index (χ4n) is 0.968. The smallest absolute Gasteiger partial charge is 0.134 e. The Balaban J connectivity index is 3.13. The zero-order chi connectivity index (χ0) is 10.6. The maximum atomic E-state index is 9.25. The summed E-state index contributed by atoms with van der Waals surface area (Å²) in [6, 6.07) is 4.80. The highest BCUT2D eigenvalue weighted by Crippen LogP contribution is 2.21. The molecule has 0 aliphatic heterocycles. The molecule has 0 atom stereocenters. The minimum atomic E-state index is 0.178. The molecule has 0 spiro atoms. The first-order chi connectivity index (χ1) is 6.63. The van der Waals surface area contributed by atoms with Crippen LogP contribution in [0.2, 0.25) is 0 Å². The molecule has 0 aliphatic carbocycles. The molecule has 1 aromatic carbocycles. The summed E-state index contributed by atoms with van der Waals surface area (Å²) >= 11 is 0. The number of allylic oxidation sites excluding steroid dienone is 1. The van der Waals surface area contributed by atoms with Crippen molar-refractivity contribution in [2.45, 2.75) is 6.92 Å². The van der Waals surface area contributed by atoms with Crippen LogP contribution in [0.15, 0.2) is 30.4 Å². The fourth-order valence-corrected chi connectivity index (χ4v) is 0.968. The van der Waals surface area contributed by atoms with Gasteiger partial charge < -0.3 is 9.84 Å². The standard InChI is InChI=1S/C12H12O2/c1-9(2)4-5-10-8-11(13)6-7-12(10)14-3/h6-8,13H,1H2,2-3H3. The summed E-state index contributed by atoms with van der Waals surface area (Å²) in [6.07, 6.45) is 0. The molecular weight excluding hydrogens is 176 g/mol. The first kappa shape index (κ1) is 10.2. The number of hydrogen-bond acceptors (Lipinski definition) is 2. The van der Waals surface area contributed by atoms with Crippen molar-refractivity contribution in [1.29, 1.82) is 0 Å². The lowest BCUT2D eigenvalue weighted by atomic mass is 10.2. The maximum absolute atomic E-state index is 9.25. The molecule has 72 valence electrons. The Kier molecular flexibility index (Phi) is 3.19. The van der Waals surface area contributed by atoms with Crippen molar-refractivity contribution in [2.75, 3.05) is 7.11 Å². The predicted octanol–water partition coefficient (Wildman–Crippen LogP) is 2.33. The first-order valence-electron chi connectivity index (χ1n) is 4.18. The Morgan fingerprint density at radius 1 is 1.50 bits per heavy atom. The van der Waals surface area contributed by atoms with Crippen LogP contribution < -0.4 is 4.74 Å². The SMILES string of the molecule is C=C(C)C#Cc1cc(O)ccc1OC. The van der Waals surface area contributed by atoms with Crippen molar-refractivity contribution >= 4 is 0 Å². The van der Waals surface area contributed by atoms with Crippen LogP contribution in [0.25, 0.3) is 0 Å². The maximum Gasteiger partial charge on any atom is 0.134 e. The zero-order valence-corrected chi connectivity index (χ0v) is 8.29. The van der Waals surface area contributed by atoms with E-state index in [1.165, 1.54) is 0 Å². The second-order valence-electron chi connectivity index (χ2n) is 2.91. The monoisotopic (exact) mass is 188 g/mol. The summed E-state index contributed by atoms with van der Waals surface area (Å²) in [5, 5.41) is 9.25. The van der Waals surface area contributed by atoms with Gasteiger partial charge in [0, 0.05) is 0 Å². The molecule has 0 amide bonds. The molecule has 0 saturated heterocycles. The number of benzene rings is 1. The average Bonchev–Trinajstić information content (AvgIpc) is 2.15. The Morgan fingerprint density at radius 3 is 2.79 bits per heavy atom. The number of ether oxygens (including phenoxy) is 1. The Hall–Kier alpha value is -1.88. The van der Waals surface area contributed by atoms with E-state index in [0.29, 0.717) is 11.3 Å². The topological polar surface area (TPSA) is 29.5 Å². The third kappa shape index (κ3) is 2.56. The summed E-state index contributed by atoms with van der Waals surface area (Å²) in [5.41, 5.74) is 1.44. The molecule has 1 rings (SSSR count). The Morgan fingerprint density at radius 2 is 2.21 bits per heavy atom. The number of phenols is 1. The van der Waals surface area contributed by atoms with Crippen molar-refractivity contribution in [3.8, 4) is 23.3 Å². The van der Waals surface area contributed by atoms with Gasteiger partial charge in [0.05, 0.1) is 12.7 Å². The Labute approximate surface area is 83.8 Å². The molecule has 2 nitrogen and oxygen atoms in total. The molecule has 14 heavy (non-hydrogen) atoms. The molecule has 1 N–H and O–H groups in total. The number of hydrogen-bond donors (Lipinski definition) is 1. The zero-order valence-electron chi connectivity index (χ0n) is 8.29. The van der Waals surface area contributed by atoms with Crippen LogP contribution in [0, 0.1) is 11.8 Å². The van der Waals surface area contributed by atoms with Crippen LogP contribution in [0.3, 0.4) is 0 Å². The van der Waals surface area contributed by atoms with Gasteiger partial charge in [0.2, 0.25) is 0 Å². The van der Waals surface area contributed by atoms with Gasteiger partial charge in [0.25, 0.3) is 0 Å². The number of phenolic OH excluding ortho intramolecular Hbond substituents is 1. The molecule has 0 unspecified atom stereocenters. The summed E-state index contributed by atoms with van der Waals surface area (Å²) in [5.74, 6) is 6.53. The van der Waals surface area contributed by atoms with Crippen LogP contribution in [0.4, 0.5) is 0 Å². The highest BCUT2D eigenvalue weighted by molar-refractivity contribution is 5.51. The van der Waals surface area contributed by atoms with Crippen LogP contribution in [-0.4, -0.2) is 12.2 Å². The third-order valence-electron chi connectivity index (χ3n) is 1.59. The van der Waals surface area contributed by atoms with Crippen LogP contribution in [-0.2, 0) is 0 Å². The lowest BCUT2D eigenvalue weighted by Crippen LogP contribution is -1.86. The van der Waals surface area contributed by atoms with E-state index in [2.05, 4.69) is 18.4 Å². The molecular formula is C12H12O2. The van der Waals surface area contributed by atoms with E-state index < -0.39 is 0 Å². The molecule has 1 aromatic rings. The van der Waals surface area contributed by atoms with E-state index in [4.69, 9.17) is 4.74 Å². The van der Waals surface area contributed by atoms with Gasteiger partial charge >= 0.3 is 0 Å². The van der Waals surface area contributed by atoms with Gasteiger partial charge in [0.1, 0.15) is 11.5 Å². The van der Waals surface area contributed by atoms with Gasteiger partial charge in [-0.05, 0) is 30.7 Å².